The van der Waals surface area contributed by atoms with Crippen molar-refractivity contribution in [2.75, 3.05) is 35.1 Å². The molecule has 4 rings (SSSR count). The maximum Gasteiger partial charge on any atom is 0.265 e. The summed E-state index contributed by atoms with van der Waals surface area (Å²) in [7, 11) is -2.10. The highest BCUT2D eigenvalue weighted by molar-refractivity contribution is 7.92. The topological polar surface area (TPSA) is 86.4 Å². The molecule has 0 spiro atoms. The Hall–Kier alpha value is -2.69. The van der Waals surface area contributed by atoms with Crippen molar-refractivity contribution < 1.29 is 12.8 Å². The zero-order valence-electron chi connectivity index (χ0n) is 17.2. The van der Waals surface area contributed by atoms with Crippen LogP contribution in [0, 0.1) is 12.7 Å². The van der Waals surface area contributed by atoms with E-state index in [0.29, 0.717) is 11.7 Å². The highest BCUT2D eigenvalue weighted by Crippen LogP contribution is 2.33. The van der Waals surface area contributed by atoms with E-state index >= 15 is 0 Å². The lowest BCUT2D eigenvalue weighted by Crippen LogP contribution is -2.29. The van der Waals surface area contributed by atoms with Crippen LogP contribution in [0.3, 0.4) is 0 Å². The molecule has 3 N–H and O–H groups in total. The molecule has 1 aliphatic rings. The molecule has 1 saturated heterocycles. The van der Waals surface area contributed by atoms with E-state index in [9.17, 15) is 12.8 Å². The Balaban J connectivity index is 1.57. The van der Waals surface area contributed by atoms with Gasteiger partial charge in [-0.05, 0) is 56.3 Å². The first kappa shape index (κ1) is 21.5. The summed E-state index contributed by atoms with van der Waals surface area (Å²) in [5.74, 6) is -0.667. The van der Waals surface area contributed by atoms with Crippen LogP contribution < -0.4 is 20.3 Å². The molecular formula is C21H24FN5O2S2. The second-order valence-corrected chi connectivity index (χ2v) is 9.86. The highest BCUT2D eigenvalue weighted by atomic mass is 32.2. The smallest absolute Gasteiger partial charge is 0.265 e. The Bertz CT molecular complexity index is 1170. The molecule has 0 aliphatic carbocycles. The third kappa shape index (κ3) is 4.81. The molecule has 164 valence electrons. The number of likely N-dealkylation sites (N-methyl/N-ethyl adjacent to an activating group) is 1. The van der Waals surface area contributed by atoms with Gasteiger partial charge >= 0.3 is 0 Å². The molecule has 0 saturated carbocycles. The quantitative estimate of drug-likeness (QED) is 0.494. The third-order valence-corrected chi connectivity index (χ3v) is 7.24. The molecule has 1 fully saturated rings. The van der Waals surface area contributed by atoms with Gasteiger partial charge in [0.1, 0.15) is 10.7 Å². The van der Waals surface area contributed by atoms with Gasteiger partial charge in [-0.25, -0.2) is 17.8 Å². The fraction of sp³-hybridized carbons (Fsp3) is 0.286. The summed E-state index contributed by atoms with van der Waals surface area (Å²) in [5.41, 5.74) is 4.99. The number of nitrogens with one attached hydrogen (secondary N) is 3. The van der Waals surface area contributed by atoms with Gasteiger partial charge < -0.3 is 15.5 Å². The predicted octanol–water partition coefficient (Wildman–Crippen LogP) is 3.93. The Morgan fingerprint density at radius 3 is 2.74 bits per heavy atom. The van der Waals surface area contributed by atoms with Crippen molar-refractivity contribution in [3.63, 3.8) is 0 Å². The van der Waals surface area contributed by atoms with E-state index < -0.39 is 20.7 Å². The Labute approximate surface area is 185 Å². The molecule has 1 unspecified atom stereocenters. The number of hydrogen-bond acceptors (Lipinski definition) is 7. The van der Waals surface area contributed by atoms with Crippen LogP contribution in [0.4, 0.5) is 27.3 Å². The molecule has 1 aliphatic heterocycles. The average molecular weight is 462 g/mol. The number of halogens is 1. The summed E-state index contributed by atoms with van der Waals surface area (Å²) in [6.45, 7) is 3.85. The summed E-state index contributed by atoms with van der Waals surface area (Å²) in [6.07, 6.45) is 1.05. The lowest BCUT2D eigenvalue weighted by molar-refractivity contribution is 0.570. The summed E-state index contributed by atoms with van der Waals surface area (Å²) >= 11 is 1.25. The second kappa shape index (κ2) is 8.81. The second-order valence-electron chi connectivity index (χ2n) is 7.49. The molecule has 0 bridgehead atoms. The Morgan fingerprint density at radius 2 is 2.06 bits per heavy atom. The maximum atomic E-state index is 14.7. The monoisotopic (exact) mass is 461 g/mol. The number of aromatic nitrogens is 1. The van der Waals surface area contributed by atoms with Crippen LogP contribution in [0.5, 0.6) is 0 Å². The van der Waals surface area contributed by atoms with Gasteiger partial charge in [0, 0.05) is 30.2 Å². The maximum absolute atomic E-state index is 14.7. The molecular weight excluding hydrogens is 437 g/mol. The molecule has 7 nitrogen and oxygen atoms in total. The van der Waals surface area contributed by atoms with Gasteiger partial charge in [-0.2, -0.15) is 0 Å². The summed E-state index contributed by atoms with van der Waals surface area (Å²) in [5, 5.41) is 8.10. The van der Waals surface area contributed by atoms with Crippen LogP contribution in [0.25, 0.3) is 0 Å². The fourth-order valence-corrected chi connectivity index (χ4v) is 5.25. The number of anilines is 4. The van der Waals surface area contributed by atoms with E-state index in [-0.39, 0.29) is 5.82 Å². The van der Waals surface area contributed by atoms with Gasteiger partial charge in [0.2, 0.25) is 0 Å². The normalized spacial score (nSPS) is 16.5. The van der Waals surface area contributed by atoms with Crippen LogP contribution in [-0.4, -0.2) is 39.6 Å². The van der Waals surface area contributed by atoms with Gasteiger partial charge in [-0.3, -0.25) is 4.72 Å². The Morgan fingerprint density at radius 1 is 1.23 bits per heavy atom. The zero-order valence-corrected chi connectivity index (χ0v) is 18.9. The Kier molecular flexibility index (Phi) is 6.12. The number of hydrogen-bond donors (Lipinski definition) is 3. The van der Waals surface area contributed by atoms with E-state index in [4.69, 9.17) is 0 Å². The number of thiazole rings is 1. The fourth-order valence-electron chi connectivity index (χ4n) is 3.63. The zero-order chi connectivity index (χ0) is 22.0. The van der Waals surface area contributed by atoms with Crippen molar-refractivity contribution in [3.05, 3.63) is 58.7 Å². The van der Waals surface area contributed by atoms with E-state index in [2.05, 4.69) is 31.3 Å². The number of nitrogens with zero attached hydrogens (tertiary/aromatic N) is 2. The largest absolute Gasteiger partial charge is 0.368 e. The molecule has 10 heteroatoms. The number of aryl methyl sites for hydroxylation is 1. The van der Waals surface area contributed by atoms with Crippen LogP contribution >= 0.6 is 11.3 Å². The van der Waals surface area contributed by atoms with Crippen LogP contribution in [0.15, 0.2) is 52.2 Å². The number of sulfonamides is 1. The van der Waals surface area contributed by atoms with Gasteiger partial charge in [0.25, 0.3) is 10.0 Å². The first-order valence-corrected chi connectivity index (χ1v) is 12.3. The van der Waals surface area contributed by atoms with Crippen LogP contribution in [0.1, 0.15) is 12.0 Å². The van der Waals surface area contributed by atoms with Gasteiger partial charge in [0.15, 0.2) is 5.82 Å². The molecule has 31 heavy (non-hydrogen) atoms. The van der Waals surface area contributed by atoms with Crippen molar-refractivity contribution in [1.82, 2.24) is 10.3 Å². The summed E-state index contributed by atoms with van der Waals surface area (Å²) in [6, 6.07) is 10.5. The minimum absolute atomic E-state index is 0.168. The van der Waals surface area contributed by atoms with Crippen LogP contribution in [-0.2, 0) is 10.0 Å². The van der Waals surface area contributed by atoms with Crippen molar-refractivity contribution in [2.24, 2.45) is 0 Å². The SMILES string of the molecule is CNC1CCN(c2cc(C)ccc2Nc2ccc(S(=O)(=O)Nc3cscn3)c(F)c2)C1. The molecule has 0 radical (unpaired) electrons. The first-order valence-electron chi connectivity index (χ1n) is 9.86. The average Bonchev–Trinajstić information content (AvgIpc) is 3.40. The van der Waals surface area contributed by atoms with E-state index in [0.717, 1.165) is 36.4 Å². The first-order chi connectivity index (χ1) is 14.9. The van der Waals surface area contributed by atoms with Crippen molar-refractivity contribution >= 4 is 44.2 Å². The number of rotatable bonds is 7. The molecule has 2 heterocycles. The lowest BCUT2D eigenvalue weighted by Gasteiger charge is -2.23. The molecule has 3 aromatic rings. The number of benzene rings is 2. The van der Waals surface area contributed by atoms with Crippen LogP contribution in [0.2, 0.25) is 0 Å². The summed E-state index contributed by atoms with van der Waals surface area (Å²) in [4.78, 5) is 5.75. The molecule has 1 atom stereocenters. The lowest BCUT2D eigenvalue weighted by atomic mass is 10.1. The third-order valence-electron chi connectivity index (χ3n) is 5.26. The summed E-state index contributed by atoms with van der Waals surface area (Å²) < 4.78 is 42.0. The highest BCUT2D eigenvalue weighted by Gasteiger charge is 2.24. The molecule has 1 aromatic heterocycles. The van der Waals surface area contributed by atoms with Crippen molar-refractivity contribution in [2.45, 2.75) is 24.3 Å². The van der Waals surface area contributed by atoms with Crippen molar-refractivity contribution in [3.8, 4) is 0 Å². The van der Waals surface area contributed by atoms with Gasteiger partial charge in [0.05, 0.1) is 16.9 Å². The minimum atomic E-state index is -4.06. The molecule has 2 aromatic carbocycles. The predicted molar refractivity (Wildman–Crippen MR) is 123 cm³/mol. The minimum Gasteiger partial charge on any atom is -0.368 e. The van der Waals surface area contributed by atoms with E-state index in [1.807, 2.05) is 26.1 Å². The van der Waals surface area contributed by atoms with Crippen molar-refractivity contribution in [1.29, 1.82) is 0 Å². The van der Waals surface area contributed by atoms with E-state index in [1.54, 1.807) is 11.4 Å². The molecule has 0 amide bonds. The standard InChI is InChI=1S/C21H24FN5O2S2/c1-14-3-5-18(19(9-14)27-8-7-16(11-27)23-2)25-15-4-6-20(17(22)10-15)31(28,29)26-21-12-30-13-24-21/h3-6,9-10,12-13,16,23,25-26H,7-8,11H2,1-2H3. The van der Waals surface area contributed by atoms with Gasteiger partial charge in [-0.15, -0.1) is 11.3 Å². The van der Waals surface area contributed by atoms with E-state index in [1.165, 1.54) is 29.0 Å². The van der Waals surface area contributed by atoms with Gasteiger partial charge in [-0.1, -0.05) is 6.07 Å².